The van der Waals surface area contributed by atoms with Crippen molar-refractivity contribution in [2.24, 2.45) is 7.05 Å². The van der Waals surface area contributed by atoms with E-state index >= 15 is 0 Å². The summed E-state index contributed by atoms with van der Waals surface area (Å²) in [5, 5.41) is 12.4. The Kier molecular flexibility index (Phi) is 7.64. The maximum atomic E-state index is 12.4. The normalized spacial score (nSPS) is 10.6. The van der Waals surface area contributed by atoms with Gasteiger partial charge in [-0.05, 0) is 42.8 Å². The molecular formula is C21H23ClN4O4S. The molecule has 164 valence electrons. The third-order valence-corrected chi connectivity index (χ3v) is 5.88. The molecule has 10 heteroatoms. The lowest BCUT2D eigenvalue weighted by Crippen LogP contribution is -2.15. The van der Waals surface area contributed by atoms with Crippen molar-refractivity contribution >= 4 is 35.0 Å². The van der Waals surface area contributed by atoms with E-state index in [0.717, 1.165) is 5.56 Å². The van der Waals surface area contributed by atoms with Crippen LogP contribution in [0.25, 0.3) is 0 Å². The number of nitrogens with one attached hydrogen (secondary N) is 1. The van der Waals surface area contributed by atoms with E-state index in [2.05, 4.69) is 15.5 Å². The Morgan fingerprint density at radius 2 is 1.90 bits per heavy atom. The first-order valence-corrected chi connectivity index (χ1v) is 10.7. The van der Waals surface area contributed by atoms with Crippen LogP contribution in [0, 0.1) is 6.92 Å². The molecule has 0 aliphatic heterocycles. The van der Waals surface area contributed by atoms with Gasteiger partial charge in [0.2, 0.25) is 5.91 Å². The van der Waals surface area contributed by atoms with Gasteiger partial charge in [0.05, 0.1) is 25.7 Å². The number of benzene rings is 2. The fourth-order valence-corrected chi connectivity index (χ4v) is 3.52. The molecule has 31 heavy (non-hydrogen) atoms. The Hall–Kier alpha value is -2.91. The van der Waals surface area contributed by atoms with E-state index in [1.54, 1.807) is 42.0 Å². The van der Waals surface area contributed by atoms with Gasteiger partial charge in [0, 0.05) is 18.1 Å². The number of anilines is 1. The third kappa shape index (κ3) is 5.83. The summed E-state index contributed by atoms with van der Waals surface area (Å²) >= 11 is 7.32. The van der Waals surface area contributed by atoms with Gasteiger partial charge in [-0.2, -0.15) is 0 Å². The highest BCUT2D eigenvalue weighted by molar-refractivity contribution is 7.99. The number of thioether (sulfide) groups is 1. The van der Waals surface area contributed by atoms with Gasteiger partial charge in [-0.15, -0.1) is 10.2 Å². The standard InChI is InChI=1S/C21H23ClN4O4S/c1-13-9-15(5-7-16(13)22)30-11-19-24-25-21(26(19)2)31-12-20(27)23-17-8-6-14(28-3)10-18(17)29-4/h5-10H,11-12H2,1-4H3,(H,23,27). The van der Waals surface area contributed by atoms with Gasteiger partial charge in [-0.25, -0.2) is 0 Å². The molecule has 0 aliphatic rings. The van der Waals surface area contributed by atoms with Crippen molar-refractivity contribution in [3.05, 3.63) is 52.8 Å². The molecule has 0 saturated carbocycles. The number of halogens is 1. The second kappa shape index (κ2) is 10.4. The topological polar surface area (TPSA) is 87.5 Å². The fraction of sp³-hybridized carbons (Fsp3) is 0.286. The molecule has 0 bridgehead atoms. The molecule has 3 aromatic rings. The Morgan fingerprint density at radius 1 is 1.13 bits per heavy atom. The summed E-state index contributed by atoms with van der Waals surface area (Å²) in [6, 6.07) is 10.7. The monoisotopic (exact) mass is 462 g/mol. The number of carbonyl (C=O) groups is 1. The molecule has 0 spiro atoms. The van der Waals surface area contributed by atoms with Crippen molar-refractivity contribution in [2.45, 2.75) is 18.7 Å². The lowest BCUT2D eigenvalue weighted by molar-refractivity contribution is -0.113. The molecule has 1 amide bonds. The fourth-order valence-electron chi connectivity index (χ4n) is 2.67. The highest BCUT2D eigenvalue weighted by Crippen LogP contribution is 2.29. The minimum absolute atomic E-state index is 0.165. The maximum absolute atomic E-state index is 12.4. The van der Waals surface area contributed by atoms with Crippen LogP contribution in [-0.4, -0.2) is 40.6 Å². The number of aromatic nitrogens is 3. The molecule has 0 unspecified atom stereocenters. The minimum atomic E-state index is -0.189. The zero-order valence-corrected chi connectivity index (χ0v) is 19.2. The lowest BCUT2D eigenvalue weighted by atomic mass is 10.2. The highest BCUT2D eigenvalue weighted by Gasteiger charge is 2.14. The zero-order valence-electron chi connectivity index (χ0n) is 17.6. The van der Waals surface area contributed by atoms with E-state index < -0.39 is 0 Å². The number of amides is 1. The maximum Gasteiger partial charge on any atom is 0.234 e. The van der Waals surface area contributed by atoms with E-state index in [0.29, 0.717) is 38.9 Å². The van der Waals surface area contributed by atoms with Crippen molar-refractivity contribution < 1.29 is 19.0 Å². The second-order valence-corrected chi connectivity index (χ2v) is 7.91. The Labute approximate surface area is 189 Å². The smallest absolute Gasteiger partial charge is 0.234 e. The molecule has 0 saturated heterocycles. The van der Waals surface area contributed by atoms with E-state index in [-0.39, 0.29) is 18.3 Å². The molecule has 8 nitrogen and oxygen atoms in total. The van der Waals surface area contributed by atoms with Gasteiger partial charge in [0.15, 0.2) is 11.0 Å². The van der Waals surface area contributed by atoms with Gasteiger partial charge < -0.3 is 24.1 Å². The van der Waals surface area contributed by atoms with Crippen LogP contribution >= 0.6 is 23.4 Å². The molecule has 1 heterocycles. The van der Waals surface area contributed by atoms with Gasteiger partial charge in [-0.3, -0.25) is 4.79 Å². The Balaban J connectivity index is 1.56. The van der Waals surface area contributed by atoms with E-state index in [1.165, 1.54) is 18.9 Å². The number of nitrogens with zero attached hydrogens (tertiary/aromatic N) is 3. The van der Waals surface area contributed by atoms with Crippen molar-refractivity contribution in [1.29, 1.82) is 0 Å². The largest absolute Gasteiger partial charge is 0.497 e. The van der Waals surface area contributed by atoms with Crippen molar-refractivity contribution in [3.8, 4) is 17.2 Å². The van der Waals surface area contributed by atoms with Crippen LogP contribution in [0.1, 0.15) is 11.4 Å². The van der Waals surface area contributed by atoms with Crippen molar-refractivity contribution in [2.75, 3.05) is 25.3 Å². The molecular weight excluding hydrogens is 440 g/mol. The van der Waals surface area contributed by atoms with Crippen LogP contribution in [0.5, 0.6) is 17.2 Å². The van der Waals surface area contributed by atoms with Gasteiger partial charge in [0.1, 0.15) is 23.9 Å². The number of hydrogen-bond acceptors (Lipinski definition) is 7. The van der Waals surface area contributed by atoms with Crippen LogP contribution < -0.4 is 19.5 Å². The summed E-state index contributed by atoms with van der Waals surface area (Å²) < 4.78 is 18.0. The summed E-state index contributed by atoms with van der Waals surface area (Å²) in [6.45, 7) is 2.17. The van der Waals surface area contributed by atoms with E-state index in [9.17, 15) is 4.79 Å². The SMILES string of the molecule is COc1ccc(NC(=O)CSc2nnc(COc3ccc(Cl)c(C)c3)n2C)c(OC)c1. The quantitative estimate of drug-likeness (QED) is 0.479. The minimum Gasteiger partial charge on any atom is -0.497 e. The summed E-state index contributed by atoms with van der Waals surface area (Å²) in [4.78, 5) is 12.4. The predicted molar refractivity (Wildman–Crippen MR) is 120 cm³/mol. The van der Waals surface area contributed by atoms with Crippen LogP contribution in [0.3, 0.4) is 0 Å². The summed E-state index contributed by atoms with van der Waals surface area (Å²) in [5.41, 5.74) is 1.51. The van der Waals surface area contributed by atoms with E-state index in [4.69, 9.17) is 25.8 Å². The number of rotatable bonds is 9. The molecule has 1 aromatic heterocycles. The average Bonchev–Trinajstić information content (AvgIpc) is 3.12. The van der Waals surface area contributed by atoms with Gasteiger partial charge in [-0.1, -0.05) is 23.4 Å². The van der Waals surface area contributed by atoms with Crippen LogP contribution in [0.2, 0.25) is 5.02 Å². The molecule has 0 atom stereocenters. The van der Waals surface area contributed by atoms with Crippen LogP contribution in [0.4, 0.5) is 5.69 Å². The first-order valence-electron chi connectivity index (χ1n) is 9.33. The Morgan fingerprint density at radius 3 is 2.61 bits per heavy atom. The molecule has 0 radical (unpaired) electrons. The number of aryl methyl sites for hydroxylation is 1. The molecule has 1 N–H and O–H groups in total. The third-order valence-electron chi connectivity index (χ3n) is 4.44. The molecule has 0 aliphatic carbocycles. The number of carbonyl (C=O) groups excluding carboxylic acids is 1. The highest BCUT2D eigenvalue weighted by atomic mass is 35.5. The van der Waals surface area contributed by atoms with Crippen LogP contribution in [-0.2, 0) is 18.4 Å². The summed E-state index contributed by atoms with van der Waals surface area (Å²) in [6.07, 6.45) is 0. The first-order chi connectivity index (χ1) is 14.9. The van der Waals surface area contributed by atoms with Gasteiger partial charge in [0.25, 0.3) is 0 Å². The van der Waals surface area contributed by atoms with Crippen molar-refractivity contribution in [3.63, 3.8) is 0 Å². The zero-order chi connectivity index (χ0) is 22.4. The van der Waals surface area contributed by atoms with Crippen LogP contribution in [0.15, 0.2) is 41.6 Å². The first kappa shape index (κ1) is 22.8. The molecule has 0 fully saturated rings. The van der Waals surface area contributed by atoms with E-state index in [1.807, 2.05) is 20.0 Å². The number of methoxy groups -OCH3 is 2. The summed E-state index contributed by atoms with van der Waals surface area (Å²) in [5.74, 6) is 2.49. The molecule has 2 aromatic carbocycles. The number of hydrogen-bond donors (Lipinski definition) is 1. The second-order valence-electron chi connectivity index (χ2n) is 6.56. The number of ether oxygens (including phenoxy) is 3. The van der Waals surface area contributed by atoms with Gasteiger partial charge >= 0.3 is 0 Å². The lowest BCUT2D eigenvalue weighted by Gasteiger charge is -2.11. The predicted octanol–water partition coefficient (Wildman–Crippen LogP) is 4.10. The summed E-state index contributed by atoms with van der Waals surface area (Å²) in [7, 11) is 4.94. The van der Waals surface area contributed by atoms with Crippen molar-refractivity contribution in [1.82, 2.24) is 14.8 Å². The molecule has 3 rings (SSSR count). The Bertz CT molecular complexity index is 1070. The average molecular weight is 463 g/mol.